The number of carbonyl (C=O) groups is 2. The van der Waals surface area contributed by atoms with Crippen molar-refractivity contribution in [1.29, 1.82) is 0 Å². The fourth-order valence-electron chi connectivity index (χ4n) is 3.35. The molecule has 0 radical (unpaired) electrons. The summed E-state index contributed by atoms with van der Waals surface area (Å²) < 4.78 is 38.3. The van der Waals surface area contributed by atoms with Crippen LogP contribution in [0.15, 0.2) is 23.7 Å². The Hall–Kier alpha value is -1.92. The van der Waals surface area contributed by atoms with E-state index in [0.717, 1.165) is 0 Å². The summed E-state index contributed by atoms with van der Waals surface area (Å²) in [4.78, 5) is 26.0. The lowest BCUT2D eigenvalue weighted by molar-refractivity contribution is -0.147. The number of esters is 1. The standard InChI is InChI=1S/C15H17F2NO4/c1-3-21-15(20)9-6-18-5-7(2)22-14-11(17)10(16)4-8(12(14)18)13(9)19/h5-6,8,10-12,14H,3-4H2,1-2H3. The molecule has 5 atom stereocenters. The first-order chi connectivity index (χ1) is 10.4. The first kappa shape index (κ1) is 15.0. The molecule has 0 saturated heterocycles. The predicted molar refractivity (Wildman–Crippen MR) is 71.9 cm³/mol. The van der Waals surface area contributed by atoms with Crippen molar-refractivity contribution in [3.63, 3.8) is 0 Å². The van der Waals surface area contributed by atoms with Gasteiger partial charge in [-0.05, 0) is 20.3 Å². The van der Waals surface area contributed by atoms with Gasteiger partial charge in [0, 0.05) is 12.4 Å². The predicted octanol–water partition coefficient (Wildman–Crippen LogP) is 1.64. The maximum absolute atomic E-state index is 14.1. The Morgan fingerprint density at radius 1 is 1.45 bits per heavy atom. The van der Waals surface area contributed by atoms with Crippen molar-refractivity contribution in [3.05, 3.63) is 23.7 Å². The molecule has 1 aliphatic carbocycles. The number of nitrogens with zero attached hydrogens (tertiary/aromatic N) is 1. The van der Waals surface area contributed by atoms with Crippen LogP contribution < -0.4 is 0 Å². The molecule has 2 aliphatic heterocycles. The number of hydrogen-bond acceptors (Lipinski definition) is 5. The van der Waals surface area contributed by atoms with Crippen LogP contribution in [0.4, 0.5) is 8.78 Å². The Balaban J connectivity index is 2.02. The summed E-state index contributed by atoms with van der Waals surface area (Å²) in [7, 11) is 0. The summed E-state index contributed by atoms with van der Waals surface area (Å²) in [5.74, 6) is -1.65. The van der Waals surface area contributed by atoms with Gasteiger partial charge < -0.3 is 14.4 Å². The third kappa shape index (κ3) is 2.19. The maximum atomic E-state index is 14.1. The Morgan fingerprint density at radius 3 is 2.86 bits per heavy atom. The number of carbonyl (C=O) groups excluding carboxylic acids is 2. The molecule has 0 aromatic carbocycles. The average molecular weight is 313 g/mol. The quantitative estimate of drug-likeness (QED) is 0.573. The summed E-state index contributed by atoms with van der Waals surface area (Å²) in [6.45, 7) is 3.39. The van der Waals surface area contributed by atoms with Gasteiger partial charge in [-0.2, -0.15) is 0 Å². The highest BCUT2D eigenvalue weighted by molar-refractivity contribution is 6.18. The highest BCUT2D eigenvalue weighted by Crippen LogP contribution is 2.42. The lowest BCUT2D eigenvalue weighted by Crippen LogP contribution is -2.62. The number of rotatable bonds is 2. The maximum Gasteiger partial charge on any atom is 0.343 e. The third-order valence-corrected chi connectivity index (χ3v) is 4.26. The van der Waals surface area contributed by atoms with Crippen LogP contribution in [-0.2, 0) is 19.1 Å². The Morgan fingerprint density at radius 2 is 2.18 bits per heavy atom. The van der Waals surface area contributed by atoms with Gasteiger partial charge in [-0.1, -0.05) is 0 Å². The van der Waals surface area contributed by atoms with Gasteiger partial charge in [0.2, 0.25) is 0 Å². The van der Waals surface area contributed by atoms with E-state index in [4.69, 9.17) is 9.47 Å². The first-order valence-corrected chi connectivity index (χ1v) is 7.27. The van der Waals surface area contributed by atoms with Crippen LogP contribution in [0.5, 0.6) is 0 Å². The van der Waals surface area contributed by atoms with E-state index in [1.54, 1.807) is 24.9 Å². The first-order valence-electron chi connectivity index (χ1n) is 7.27. The van der Waals surface area contributed by atoms with E-state index in [-0.39, 0.29) is 18.6 Å². The van der Waals surface area contributed by atoms with E-state index >= 15 is 0 Å². The van der Waals surface area contributed by atoms with Crippen LogP contribution in [0.25, 0.3) is 0 Å². The molecule has 5 unspecified atom stereocenters. The summed E-state index contributed by atoms with van der Waals surface area (Å²) in [5.41, 5.74) is -0.127. The Bertz CT molecular complexity index is 574. The molecule has 120 valence electrons. The van der Waals surface area contributed by atoms with Crippen LogP contribution in [0, 0.1) is 5.92 Å². The van der Waals surface area contributed by atoms with Crippen molar-refractivity contribution in [2.45, 2.75) is 44.8 Å². The molecular weight excluding hydrogens is 296 g/mol. The van der Waals surface area contributed by atoms with Crippen molar-refractivity contribution in [1.82, 2.24) is 4.90 Å². The molecule has 0 aromatic heterocycles. The van der Waals surface area contributed by atoms with Crippen LogP contribution in [0.3, 0.4) is 0 Å². The number of allylic oxidation sites excluding steroid dienone is 1. The molecule has 3 rings (SSSR count). The molecule has 1 saturated carbocycles. The molecule has 0 bridgehead atoms. The van der Waals surface area contributed by atoms with Gasteiger partial charge in [0.1, 0.15) is 17.5 Å². The zero-order chi connectivity index (χ0) is 16.0. The lowest BCUT2D eigenvalue weighted by Gasteiger charge is -2.49. The number of hydrogen-bond donors (Lipinski definition) is 0. The number of alkyl halides is 2. The van der Waals surface area contributed by atoms with E-state index in [1.807, 2.05) is 0 Å². The Labute approximate surface area is 126 Å². The van der Waals surface area contributed by atoms with Crippen LogP contribution in [0.2, 0.25) is 0 Å². The van der Waals surface area contributed by atoms with Crippen LogP contribution in [0.1, 0.15) is 20.3 Å². The van der Waals surface area contributed by atoms with Gasteiger partial charge in [-0.15, -0.1) is 0 Å². The van der Waals surface area contributed by atoms with Crippen molar-refractivity contribution in [2.75, 3.05) is 6.61 Å². The molecule has 0 aromatic rings. The number of ether oxygens (including phenoxy) is 2. The van der Waals surface area contributed by atoms with E-state index in [1.165, 1.54) is 6.20 Å². The molecule has 2 heterocycles. The van der Waals surface area contributed by atoms with Crippen molar-refractivity contribution < 1.29 is 27.8 Å². The molecule has 22 heavy (non-hydrogen) atoms. The second-order valence-electron chi connectivity index (χ2n) is 5.69. The summed E-state index contributed by atoms with van der Waals surface area (Å²) in [6, 6.07) is -0.628. The van der Waals surface area contributed by atoms with Gasteiger partial charge >= 0.3 is 5.97 Å². The molecular formula is C15H17F2NO4. The molecule has 1 fully saturated rings. The highest BCUT2D eigenvalue weighted by Gasteiger charge is 2.55. The van der Waals surface area contributed by atoms with Gasteiger partial charge in [-0.25, -0.2) is 13.6 Å². The van der Waals surface area contributed by atoms with Gasteiger partial charge in [0.25, 0.3) is 0 Å². The van der Waals surface area contributed by atoms with E-state index in [9.17, 15) is 18.4 Å². The fraction of sp³-hybridized carbons (Fsp3) is 0.600. The largest absolute Gasteiger partial charge is 0.488 e. The summed E-state index contributed by atoms with van der Waals surface area (Å²) >= 11 is 0. The monoisotopic (exact) mass is 313 g/mol. The number of halogens is 2. The van der Waals surface area contributed by atoms with Crippen LogP contribution >= 0.6 is 0 Å². The average Bonchev–Trinajstić information content (AvgIpc) is 2.47. The topological polar surface area (TPSA) is 55.8 Å². The highest BCUT2D eigenvalue weighted by atomic mass is 19.2. The molecule has 7 heteroatoms. The molecule has 0 amide bonds. The molecule has 0 N–H and O–H groups in total. The van der Waals surface area contributed by atoms with Gasteiger partial charge in [-0.3, -0.25) is 4.79 Å². The zero-order valence-electron chi connectivity index (χ0n) is 12.3. The third-order valence-electron chi connectivity index (χ3n) is 4.26. The SMILES string of the molecule is CCOC(=O)C1=CN2C=C(C)OC3C(F)C(F)CC(C1=O)C32. The molecule has 0 spiro atoms. The second kappa shape index (κ2) is 5.37. The summed E-state index contributed by atoms with van der Waals surface area (Å²) in [6.07, 6.45) is -1.95. The van der Waals surface area contributed by atoms with Crippen molar-refractivity contribution in [2.24, 2.45) is 5.92 Å². The lowest BCUT2D eigenvalue weighted by atomic mass is 9.73. The minimum atomic E-state index is -1.79. The Kier molecular flexibility index (Phi) is 3.66. The normalized spacial score (nSPS) is 36.8. The second-order valence-corrected chi connectivity index (χ2v) is 5.69. The molecule has 3 aliphatic rings. The minimum Gasteiger partial charge on any atom is -0.488 e. The van der Waals surface area contributed by atoms with Crippen LogP contribution in [-0.4, -0.2) is 47.7 Å². The van der Waals surface area contributed by atoms with Crippen molar-refractivity contribution >= 4 is 11.8 Å². The zero-order valence-corrected chi connectivity index (χ0v) is 12.3. The van der Waals surface area contributed by atoms with E-state index in [0.29, 0.717) is 5.76 Å². The fourth-order valence-corrected chi connectivity index (χ4v) is 3.35. The van der Waals surface area contributed by atoms with Gasteiger partial charge in [0.15, 0.2) is 18.1 Å². The number of Topliss-reactive ketones (excluding diaryl/α,β-unsaturated/α-hetero) is 1. The van der Waals surface area contributed by atoms with Crippen molar-refractivity contribution in [3.8, 4) is 0 Å². The minimum absolute atomic E-state index is 0.127. The number of ketones is 1. The van der Waals surface area contributed by atoms with Gasteiger partial charge in [0.05, 0.1) is 18.6 Å². The summed E-state index contributed by atoms with van der Waals surface area (Å²) in [5, 5.41) is 0. The molecule has 5 nitrogen and oxygen atoms in total. The smallest absolute Gasteiger partial charge is 0.343 e. The van der Waals surface area contributed by atoms with E-state index in [2.05, 4.69) is 0 Å². The van der Waals surface area contributed by atoms with E-state index < -0.39 is 42.2 Å².